The first-order valence-corrected chi connectivity index (χ1v) is 16.4. The first-order valence-electron chi connectivity index (χ1n) is 14.1. The van der Waals surface area contributed by atoms with Gasteiger partial charge in [-0.2, -0.15) is 0 Å². The maximum Gasteiger partial charge on any atom is 2.00 e. The molecule has 0 aliphatic carbocycles. The fraction of sp³-hybridized carbons (Fsp3) is 0.353. The van der Waals surface area contributed by atoms with Crippen LogP contribution in [0.15, 0.2) is 85.1 Å². The predicted octanol–water partition coefficient (Wildman–Crippen LogP) is 2.76. The van der Waals surface area contributed by atoms with Gasteiger partial charge in [0.25, 0.3) is 0 Å². The van der Waals surface area contributed by atoms with Crippen LogP contribution < -0.4 is 23.7 Å². The average molecular weight is 761 g/mol. The van der Waals surface area contributed by atoms with E-state index in [1.54, 1.807) is 0 Å². The van der Waals surface area contributed by atoms with Crippen molar-refractivity contribution in [3.05, 3.63) is 113 Å². The van der Waals surface area contributed by atoms with Gasteiger partial charge >= 0.3 is 19.5 Å². The van der Waals surface area contributed by atoms with Gasteiger partial charge in [0, 0.05) is 31.4 Å². The van der Waals surface area contributed by atoms with E-state index in [1.165, 1.54) is 5.56 Å². The molecular formula is C34H43Cl3N3O6Zn+. The predicted molar refractivity (Wildman–Crippen MR) is 172 cm³/mol. The third-order valence-electron chi connectivity index (χ3n) is 6.61. The van der Waals surface area contributed by atoms with Crippen LogP contribution in [-0.4, -0.2) is 20.2 Å². The van der Waals surface area contributed by atoms with Crippen LogP contribution in [0.1, 0.15) is 69.6 Å². The smallest absolute Gasteiger partial charge is 0.872 e. The molecule has 9 nitrogen and oxygen atoms in total. The standard InChI is InChI=1S/C33H39N3O.CH2Cl2.ClHO4.H2O.Zn/c1-32(2,3)26-19-25(31(37)29(20-26)33(4,5)6)21-36(22-27-15-10-11-18-34-27)23-28-16-12-17-30(35-28)24-13-8-7-9-14-24;2-1-3;2-1(3,4)5;;/h7-20,37H,21-23H2,1-6H3;1H2;(H,2,3,4,5);1H2;/q;;;;+2/p-1. The van der Waals surface area contributed by atoms with Crippen molar-refractivity contribution in [2.24, 2.45) is 0 Å². The van der Waals surface area contributed by atoms with E-state index >= 15 is 0 Å². The number of benzene rings is 2. The fourth-order valence-electron chi connectivity index (χ4n) is 4.49. The molecule has 0 amide bonds. The van der Waals surface area contributed by atoms with Gasteiger partial charge in [0.2, 0.25) is 0 Å². The number of pyridine rings is 2. The fourth-order valence-corrected chi connectivity index (χ4v) is 4.49. The van der Waals surface area contributed by atoms with E-state index in [0.717, 1.165) is 33.8 Å². The molecule has 2 aromatic carbocycles. The number of hydrogen-bond donors (Lipinski definition) is 0. The van der Waals surface area contributed by atoms with Gasteiger partial charge in [0.15, 0.2) is 0 Å². The topological polar surface area (TPSA) is 177 Å². The molecule has 0 atom stereocenters. The van der Waals surface area contributed by atoms with Crippen LogP contribution in [0.25, 0.3) is 11.3 Å². The van der Waals surface area contributed by atoms with Crippen molar-refractivity contribution in [2.75, 3.05) is 5.34 Å². The van der Waals surface area contributed by atoms with Crippen molar-refractivity contribution >= 4 is 23.2 Å². The number of nitrogens with zero attached hydrogens (tertiary/aromatic N) is 3. The van der Waals surface area contributed by atoms with E-state index in [2.05, 4.69) is 87.8 Å². The molecule has 13 heteroatoms. The second-order valence-corrected chi connectivity index (χ2v) is 13.9. The van der Waals surface area contributed by atoms with Crippen molar-refractivity contribution in [1.82, 2.24) is 14.9 Å². The van der Waals surface area contributed by atoms with Crippen molar-refractivity contribution in [3.63, 3.8) is 0 Å². The third-order valence-corrected chi connectivity index (χ3v) is 6.61. The summed E-state index contributed by atoms with van der Waals surface area (Å²) < 4.78 is 34.0. The molecule has 0 saturated carbocycles. The maximum absolute atomic E-state index is 13.7. The minimum absolute atomic E-state index is 0. The summed E-state index contributed by atoms with van der Waals surface area (Å²) in [6, 6.07) is 26.6. The van der Waals surface area contributed by atoms with Crippen LogP contribution in [-0.2, 0) is 55.4 Å². The summed E-state index contributed by atoms with van der Waals surface area (Å²) in [5.41, 5.74) is 6.58. The van der Waals surface area contributed by atoms with E-state index in [0.29, 0.717) is 19.6 Å². The second kappa shape index (κ2) is 20.3. The Hall–Kier alpha value is -2.21. The summed E-state index contributed by atoms with van der Waals surface area (Å²) >= 11 is 9.53. The molecule has 0 unspecified atom stereocenters. The summed E-state index contributed by atoms with van der Waals surface area (Å²) in [7, 11) is -4.94. The molecule has 0 bridgehead atoms. The monoisotopic (exact) mass is 758 g/mol. The van der Waals surface area contributed by atoms with Gasteiger partial charge in [-0.3, -0.25) is 14.9 Å². The first kappa shape index (κ1) is 44.8. The van der Waals surface area contributed by atoms with Crippen molar-refractivity contribution in [1.29, 1.82) is 0 Å². The van der Waals surface area contributed by atoms with Gasteiger partial charge < -0.3 is 10.6 Å². The van der Waals surface area contributed by atoms with Gasteiger partial charge in [0.05, 0.1) is 22.4 Å². The Morgan fingerprint density at radius 3 is 1.77 bits per heavy atom. The first-order chi connectivity index (χ1) is 20.9. The number of alkyl halides is 2. The van der Waals surface area contributed by atoms with E-state index in [1.807, 2.05) is 48.7 Å². The Labute approximate surface area is 303 Å². The van der Waals surface area contributed by atoms with E-state index in [-0.39, 0.29) is 46.9 Å². The molecule has 47 heavy (non-hydrogen) atoms. The van der Waals surface area contributed by atoms with Crippen LogP contribution in [0.4, 0.5) is 0 Å². The summed E-state index contributed by atoms with van der Waals surface area (Å²) in [5, 5.41) is 13.9. The molecule has 0 fully saturated rings. The van der Waals surface area contributed by atoms with Gasteiger partial charge in [-0.05, 0) is 51.8 Å². The molecule has 2 aromatic heterocycles. The van der Waals surface area contributed by atoms with E-state index in [9.17, 15) is 5.11 Å². The van der Waals surface area contributed by atoms with E-state index in [4.69, 9.17) is 46.8 Å². The molecule has 4 rings (SSSR count). The molecule has 0 aliphatic heterocycles. The molecule has 252 valence electrons. The maximum atomic E-state index is 13.7. The molecule has 2 heterocycles. The van der Waals surface area contributed by atoms with Crippen molar-refractivity contribution < 1.29 is 58.9 Å². The van der Waals surface area contributed by atoms with Crippen LogP contribution in [0.5, 0.6) is 5.75 Å². The van der Waals surface area contributed by atoms with Crippen molar-refractivity contribution in [2.45, 2.75) is 72.0 Å². The average Bonchev–Trinajstić information content (AvgIpc) is 2.93. The number of rotatable bonds is 7. The quantitative estimate of drug-likeness (QED) is 0.157. The zero-order chi connectivity index (χ0) is 33.8. The molecule has 0 saturated heterocycles. The normalized spacial score (nSPS) is 11.3. The summed E-state index contributed by atoms with van der Waals surface area (Å²) in [6.45, 7) is 14.7. The summed E-state index contributed by atoms with van der Waals surface area (Å²) in [4.78, 5) is 11.8. The minimum Gasteiger partial charge on any atom is -0.872 e. The largest absolute Gasteiger partial charge is 2.00 e. The SMILES string of the molecule is CC(C)(C)c1cc(CN(Cc2ccccn2)Cc2cccc(-c3ccccc3)n2)c([O-])c(C(C)(C)C)c1.ClCCl.[O-][Cl+3]([O-])([O-])[O-].[OH3+].[Zn+2]. The van der Waals surface area contributed by atoms with Gasteiger partial charge in [0.1, 0.15) is 0 Å². The van der Waals surface area contributed by atoms with Gasteiger partial charge in [-0.15, -0.1) is 39.2 Å². The van der Waals surface area contributed by atoms with Crippen LogP contribution in [0, 0.1) is 10.2 Å². The van der Waals surface area contributed by atoms with Crippen molar-refractivity contribution in [3.8, 4) is 17.0 Å². The molecule has 0 radical (unpaired) electrons. The molecule has 3 N–H and O–H groups in total. The number of hydrogen-bond acceptors (Lipinski definition) is 8. The van der Waals surface area contributed by atoms with E-state index < -0.39 is 10.2 Å². The van der Waals surface area contributed by atoms with Gasteiger partial charge in [-0.1, -0.05) is 96.1 Å². The number of halogens is 3. The minimum atomic E-state index is -4.94. The Kier molecular flexibility index (Phi) is 19.4. The Morgan fingerprint density at radius 2 is 1.26 bits per heavy atom. The zero-order valence-corrected chi connectivity index (χ0v) is 32.9. The summed E-state index contributed by atoms with van der Waals surface area (Å²) in [6.07, 6.45) is 1.82. The Bertz CT molecular complexity index is 1460. The van der Waals surface area contributed by atoms with Crippen LogP contribution in [0.3, 0.4) is 0 Å². The third kappa shape index (κ3) is 16.6. The molecule has 0 aliphatic rings. The molecule has 4 aromatic rings. The Balaban J connectivity index is 0.00000190. The molecular weight excluding hydrogens is 718 g/mol. The van der Waals surface area contributed by atoms with Gasteiger partial charge in [-0.25, -0.2) is 18.6 Å². The second-order valence-electron chi connectivity index (χ2n) is 12.3. The molecule has 0 spiro atoms. The Morgan fingerprint density at radius 1 is 0.723 bits per heavy atom. The van der Waals surface area contributed by atoms with Crippen LogP contribution >= 0.6 is 23.2 Å². The summed E-state index contributed by atoms with van der Waals surface area (Å²) in [5.74, 6) is 0.137. The zero-order valence-electron chi connectivity index (χ0n) is 27.7. The number of aromatic nitrogens is 2. The van der Waals surface area contributed by atoms with Crippen LogP contribution in [0.2, 0.25) is 0 Å².